The van der Waals surface area contributed by atoms with Crippen LogP contribution in [0.4, 0.5) is 0 Å². The molecule has 0 aliphatic carbocycles. The van der Waals surface area contributed by atoms with Crippen LogP contribution in [0.25, 0.3) is 0 Å². The summed E-state index contributed by atoms with van der Waals surface area (Å²) in [6.07, 6.45) is -0.299. The first-order valence-corrected chi connectivity index (χ1v) is 8.51. The molecule has 2 rings (SSSR count). The van der Waals surface area contributed by atoms with Crippen molar-refractivity contribution in [2.24, 2.45) is 5.73 Å². The number of nitrogens with one attached hydrogen (secondary N) is 1. The van der Waals surface area contributed by atoms with E-state index in [1.165, 1.54) is 19.2 Å². The number of hydrogen-bond donors (Lipinski definition) is 2. The second kappa shape index (κ2) is 9.96. The van der Waals surface area contributed by atoms with Crippen molar-refractivity contribution in [1.82, 2.24) is 5.32 Å². The molecule has 8 heteroatoms. The summed E-state index contributed by atoms with van der Waals surface area (Å²) < 4.78 is 10.5. The standard InChI is InChI=1S/C20H22N2O6/c1-27-17-10-14(7-8-16(17)28-12-18(21)23)15(11-20(25)26)22-19(24)9-13-5-3-2-4-6-13/h2-8,10,15H,9,11-12H2,1H3,(H2,21,23)(H,22,24)(H,25,26)/p-1. The maximum Gasteiger partial charge on any atom is 0.255 e. The molecular weight excluding hydrogens is 364 g/mol. The fourth-order valence-corrected chi connectivity index (χ4v) is 2.61. The lowest BCUT2D eigenvalue weighted by atomic mass is 10.0. The summed E-state index contributed by atoms with van der Waals surface area (Å²) in [6, 6.07) is 12.9. The van der Waals surface area contributed by atoms with Crippen LogP contribution in [0.3, 0.4) is 0 Å². The van der Waals surface area contributed by atoms with E-state index in [4.69, 9.17) is 15.2 Å². The van der Waals surface area contributed by atoms with Gasteiger partial charge in [-0.1, -0.05) is 36.4 Å². The van der Waals surface area contributed by atoms with Gasteiger partial charge in [-0.3, -0.25) is 9.59 Å². The van der Waals surface area contributed by atoms with Gasteiger partial charge >= 0.3 is 0 Å². The number of amides is 2. The van der Waals surface area contributed by atoms with E-state index >= 15 is 0 Å². The highest BCUT2D eigenvalue weighted by Crippen LogP contribution is 2.31. The van der Waals surface area contributed by atoms with E-state index < -0.39 is 24.3 Å². The van der Waals surface area contributed by atoms with E-state index in [0.717, 1.165) is 5.56 Å². The summed E-state index contributed by atoms with van der Waals surface area (Å²) >= 11 is 0. The number of carboxylic acids is 1. The van der Waals surface area contributed by atoms with E-state index in [1.54, 1.807) is 18.2 Å². The Kier molecular flexibility index (Phi) is 7.38. The van der Waals surface area contributed by atoms with Crippen molar-refractivity contribution >= 4 is 17.8 Å². The largest absolute Gasteiger partial charge is 0.550 e. The molecule has 0 bridgehead atoms. The summed E-state index contributed by atoms with van der Waals surface area (Å²) in [5.41, 5.74) is 6.36. The molecule has 0 radical (unpaired) electrons. The van der Waals surface area contributed by atoms with Crippen molar-refractivity contribution in [2.75, 3.05) is 13.7 Å². The Morgan fingerprint density at radius 1 is 1.11 bits per heavy atom. The fourth-order valence-electron chi connectivity index (χ4n) is 2.61. The van der Waals surface area contributed by atoms with Crippen LogP contribution in [-0.4, -0.2) is 31.5 Å². The van der Waals surface area contributed by atoms with Crippen LogP contribution in [0.5, 0.6) is 11.5 Å². The number of nitrogens with two attached hydrogens (primary N) is 1. The summed E-state index contributed by atoms with van der Waals surface area (Å²) in [5.74, 6) is -1.73. The highest BCUT2D eigenvalue weighted by Gasteiger charge is 2.18. The average Bonchev–Trinajstić information content (AvgIpc) is 2.66. The number of carboxylic acid groups (broad SMARTS) is 1. The SMILES string of the molecule is COc1cc(C(CC(=O)[O-])NC(=O)Cc2ccccc2)ccc1OCC(N)=O. The van der Waals surface area contributed by atoms with Crippen molar-refractivity contribution in [3.05, 3.63) is 59.7 Å². The summed E-state index contributed by atoms with van der Waals surface area (Å²) in [5, 5.41) is 13.9. The Hall–Kier alpha value is -3.55. The van der Waals surface area contributed by atoms with Gasteiger partial charge in [-0.2, -0.15) is 0 Å². The molecule has 0 aromatic heterocycles. The number of methoxy groups -OCH3 is 1. The van der Waals surface area contributed by atoms with Gasteiger partial charge in [0.15, 0.2) is 18.1 Å². The molecule has 1 unspecified atom stereocenters. The van der Waals surface area contributed by atoms with Crippen molar-refractivity contribution in [3.63, 3.8) is 0 Å². The monoisotopic (exact) mass is 385 g/mol. The topological polar surface area (TPSA) is 131 Å². The minimum absolute atomic E-state index is 0.112. The van der Waals surface area contributed by atoms with Crippen LogP contribution >= 0.6 is 0 Å². The van der Waals surface area contributed by atoms with Crippen molar-refractivity contribution in [3.8, 4) is 11.5 Å². The zero-order chi connectivity index (χ0) is 20.5. The summed E-state index contributed by atoms with van der Waals surface area (Å²) in [6.45, 7) is -0.327. The fraction of sp³-hybridized carbons (Fsp3) is 0.250. The second-order valence-electron chi connectivity index (χ2n) is 6.02. The molecule has 0 aliphatic heterocycles. The van der Waals surface area contributed by atoms with Crippen molar-refractivity contribution < 1.29 is 29.0 Å². The molecule has 2 amide bonds. The number of hydrogen-bond acceptors (Lipinski definition) is 6. The van der Waals surface area contributed by atoms with Gasteiger partial charge in [0.25, 0.3) is 5.91 Å². The van der Waals surface area contributed by atoms with Gasteiger partial charge in [-0.05, 0) is 23.3 Å². The van der Waals surface area contributed by atoms with Gasteiger partial charge in [-0.15, -0.1) is 0 Å². The molecule has 0 spiro atoms. The number of carbonyl (C=O) groups excluding carboxylic acids is 3. The molecule has 0 saturated carbocycles. The van der Waals surface area contributed by atoms with Crippen molar-refractivity contribution in [1.29, 1.82) is 0 Å². The Morgan fingerprint density at radius 2 is 1.82 bits per heavy atom. The van der Waals surface area contributed by atoms with Crippen LogP contribution < -0.4 is 25.6 Å². The van der Waals surface area contributed by atoms with Crippen LogP contribution in [0.1, 0.15) is 23.6 Å². The minimum atomic E-state index is -1.31. The number of rotatable bonds is 10. The number of ether oxygens (including phenoxy) is 2. The molecule has 28 heavy (non-hydrogen) atoms. The average molecular weight is 385 g/mol. The highest BCUT2D eigenvalue weighted by atomic mass is 16.5. The minimum Gasteiger partial charge on any atom is -0.550 e. The van der Waals surface area contributed by atoms with E-state index in [0.29, 0.717) is 5.56 Å². The Balaban J connectivity index is 2.18. The maximum atomic E-state index is 12.3. The zero-order valence-electron chi connectivity index (χ0n) is 15.3. The van der Waals surface area contributed by atoms with Crippen LogP contribution in [0.15, 0.2) is 48.5 Å². The lowest BCUT2D eigenvalue weighted by Gasteiger charge is -2.21. The zero-order valence-corrected chi connectivity index (χ0v) is 15.3. The molecule has 2 aromatic carbocycles. The summed E-state index contributed by atoms with van der Waals surface area (Å²) in [4.78, 5) is 34.4. The predicted octanol–water partition coefficient (Wildman–Crippen LogP) is 0.0993. The van der Waals surface area contributed by atoms with Crippen LogP contribution in [-0.2, 0) is 20.8 Å². The smallest absolute Gasteiger partial charge is 0.255 e. The third-order valence-electron chi connectivity index (χ3n) is 3.87. The van der Waals surface area contributed by atoms with E-state index in [-0.39, 0.29) is 30.4 Å². The third-order valence-corrected chi connectivity index (χ3v) is 3.87. The molecule has 0 heterocycles. The normalized spacial score (nSPS) is 11.3. The molecule has 0 aliphatic rings. The summed E-state index contributed by atoms with van der Waals surface area (Å²) in [7, 11) is 1.40. The molecule has 0 saturated heterocycles. The second-order valence-corrected chi connectivity index (χ2v) is 6.02. The van der Waals surface area contributed by atoms with Gasteiger partial charge in [-0.25, -0.2) is 0 Å². The number of primary amides is 1. The molecule has 2 aromatic rings. The van der Waals surface area contributed by atoms with E-state index in [2.05, 4.69) is 5.32 Å². The number of aliphatic carboxylic acids is 1. The highest BCUT2D eigenvalue weighted by molar-refractivity contribution is 5.80. The van der Waals surface area contributed by atoms with E-state index in [9.17, 15) is 19.5 Å². The molecule has 148 valence electrons. The molecule has 1 atom stereocenters. The Bertz CT molecular complexity index is 838. The lowest BCUT2D eigenvalue weighted by molar-refractivity contribution is -0.306. The molecular formula is C20H21N2O6-. The Morgan fingerprint density at radius 3 is 2.43 bits per heavy atom. The molecule has 8 nitrogen and oxygen atoms in total. The third kappa shape index (κ3) is 6.31. The van der Waals surface area contributed by atoms with Gasteiger partial charge in [0.1, 0.15) is 0 Å². The van der Waals surface area contributed by atoms with Crippen LogP contribution in [0.2, 0.25) is 0 Å². The van der Waals surface area contributed by atoms with Gasteiger partial charge < -0.3 is 30.4 Å². The first-order chi connectivity index (χ1) is 13.4. The Labute approximate surface area is 162 Å². The lowest BCUT2D eigenvalue weighted by Crippen LogP contribution is -2.35. The molecule has 3 N–H and O–H groups in total. The predicted molar refractivity (Wildman–Crippen MR) is 98.3 cm³/mol. The molecule has 0 fully saturated rings. The van der Waals surface area contributed by atoms with Crippen molar-refractivity contribution in [2.45, 2.75) is 18.9 Å². The van der Waals surface area contributed by atoms with Crippen LogP contribution in [0, 0.1) is 0 Å². The first kappa shape index (κ1) is 20.8. The van der Waals surface area contributed by atoms with Gasteiger partial charge in [0.2, 0.25) is 5.91 Å². The number of carbonyl (C=O) groups is 3. The maximum absolute atomic E-state index is 12.3. The quantitative estimate of drug-likeness (QED) is 0.596. The number of benzene rings is 2. The van der Waals surface area contributed by atoms with E-state index in [1.807, 2.05) is 18.2 Å². The van der Waals surface area contributed by atoms with Gasteiger partial charge in [0, 0.05) is 12.4 Å². The first-order valence-electron chi connectivity index (χ1n) is 8.51. The van der Waals surface area contributed by atoms with Gasteiger partial charge in [0.05, 0.1) is 19.6 Å².